The van der Waals surface area contributed by atoms with Crippen LogP contribution in [0, 0.1) is 5.41 Å². The van der Waals surface area contributed by atoms with Gasteiger partial charge in [-0.3, -0.25) is 0 Å². The second kappa shape index (κ2) is 7.23. The van der Waals surface area contributed by atoms with Crippen molar-refractivity contribution in [2.45, 2.75) is 39.0 Å². The van der Waals surface area contributed by atoms with Gasteiger partial charge in [-0.05, 0) is 19.8 Å². The third kappa shape index (κ3) is 4.45. The summed E-state index contributed by atoms with van der Waals surface area (Å²) in [5, 5.41) is 3.24. The first-order chi connectivity index (χ1) is 11.9. The van der Waals surface area contributed by atoms with Gasteiger partial charge in [-0.1, -0.05) is 0 Å². The number of nitrogens with one attached hydrogen (secondary N) is 1. The molecule has 140 valence electrons. The second-order valence-corrected chi connectivity index (χ2v) is 6.73. The van der Waals surface area contributed by atoms with Gasteiger partial charge in [0, 0.05) is 44.0 Å². The van der Waals surface area contributed by atoms with Gasteiger partial charge in [0.25, 0.3) is 0 Å². The summed E-state index contributed by atoms with van der Waals surface area (Å²) in [5.41, 5.74) is 0.199. The van der Waals surface area contributed by atoms with Gasteiger partial charge >= 0.3 is 6.18 Å². The molecule has 9 heteroatoms. The molecule has 1 aromatic rings. The molecule has 2 saturated heterocycles. The molecule has 1 N–H and O–H groups in total. The maximum atomic E-state index is 12.6. The van der Waals surface area contributed by atoms with Crippen molar-refractivity contribution < 1.29 is 17.9 Å². The summed E-state index contributed by atoms with van der Waals surface area (Å²) in [6.07, 6.45) is 0.558. The summed E-state index contributed by atoms with van der Waals surface area (Å²) in [6, 6.07) is 0. The van der Waals surface area contributed by atoms with Gasteiger partial charge in [-0.2, -0.15) is 13.2 Å². The lowest BCUT2D eigenvalue weighted by molar-refractivity contribution is -0.141. The van der Waals surface area contributed by atoms with Crippen LogP contribution in [0.4, 0.5) is 13.2 Å². The molecule has 0 aromatic carbocycles. The predicted molar refractivity (Wildman–Crippen MR) is 87.2 cm³/mol. The predicted octanol–water partition coefficient (Wildman–Crippen LogP) is 2.02. The van der Waals surface area contributed by atoms with Crippen LogP contribution in [0.5, 0.6) is 0 Å². The number of imidazole rings is 1. The van der Waals surface area contributed by atoms with Crippen molar-refractivity contribution in [2.75, 3.05) is 32.8 Å². The zero-order valence-electron chi connectivity index (χ0n) is 14.3. The minimum Gasteiger partial charge on any atom is -0.381 e. The Bertz CT molecular complexity index is 607. The van der Waals surface area contributed by atoms with Crippen molar-refractivity contribution >= 4 is 5.96 Å². The maximum absolute atomic E-state index is 12.6. The van der Waals surface area contributed by atoms with E-state index in [2.05, 4.69) is 20.2 Å². The van der Waals surface area contributed by atoms with Crippen LogP contribution in [0.1, 0.15) is 25.6 Å². The van der Waals surface area contributed by atoms with E-state index >= 15 is 0 Å². The van der Waals surface area contributed by atoms with E-state index in [4.69, 9.17) is 4.74 Å². The molecule has 6 nitrogen and oxygen atoms in total. The lowest BCUT2D eigenvalue weighted by Crippen LogP contribution is -2.41. The normalized spacial score (nSPS) is 24.5. The first kappa shape index (κ1) is 18.0. The molecule has 3 heterocycles. The highest BCUT2D eigenvalue weighted by Crippen LogP contribution is 2.38. The third-order valence-electron chi connectivity index (χ3n) is 4.78. The fourth-order valence-electron chi connectivity index (χ4n) is 3.49. The smallest absolute Gasteiger partial charge is 0.381 e. The van der Waals surface area contributed by atoms with Gasteiger partial charge < -0.3 is 19.5 Å². The van der Waals surface area contributed by atoms with Crippen molar-refractivity contribution in [3.8, 4) is 0 Å². The van der Waals surface area contributed by atoms with E-state index in [1.165, 1.54) is 12.4 Å². The van der Waals surface area contributed by atoms with Gasteiger partial charge in [0.2, 0.25) is 0 Å². The zero-order chi connectivity index (χ0) is 17.9. The number of rotatable bonds is 4. The topological polar surface area (TPSA) is 54.7 Å². The molecule has 2 aliphatic rings. The molecule has 25 heavy (non-hydrogen) atoms. The largest absolute Gasteiger partial charge is 0.406 e. The number of aromatic nitrogens is 2. The Morgan fingerprint density at radius 1 is 1.44 bits per heavy atom. The molecule has 1 spiro atoms. The van der Waals surface area contributed by atoms with Crippen LogP contribution >= 0.6 is 0 Å². The number of guanidine groups is 1. The quantitative estimate of drug-likeness (QED) is 0.660. The maximum Gasteiger partial charge on any atom is 0.406 e. The van der Waals surface area contributed by atoms with Crippen LogP contribution in [-0.2, 0) is 17.8 Å². The Morgan fingerprint density at radius 2 is 2.28 bits per heavy atom. The molecule has 2 aliphatic heterocycles. The van der Waals surface area contributed by atoms with Crippen LogP contribution in [0.3, 0.4) is 0 Å². The molecule has 0 aliphatic carbocycles. The van der Waals surface area contributed by atoms with Gasteiger partial charge in [0.15, 0.2) is 5.96 Å². The summed E-state index contributed by atoms with van der Waals surface area (Å²) in [6.45, 7) is 5.09. The van der Waals surface area contributed by atoms with Crippen molar-refractivity contribution in [2.24, 2.45) is 10.4 Å². The lowest BCUT2D eigenvalue weighted by atomic mass is 9.87. The molecule has 1 unspecified atom stereocenters. The number of alkyl halides is 3. The summed E-state index contributed by atoms with van der Waals surface area (Å²) >= 11 is 0. The molecule has 1 aromatic heterocycles. The number of hydrogen-bond donors (Lipinski definition) is 1. The standard InChI is InChI=1S/C16H24F3N5O/c1-2-20-14(24-6-3-15(10-24)4-8-25-12-15)22-9-13-21-5-7-23(13)11-16(17,18)19/h5,7H,2-4,6,8-12H2,1H3,(H,20,22). The molecular weight excluding hydrogens is 335 g/mol. The van der Waals surface area contributed by atoms with Gasteiger partial charge in [0.1, 0.15) is 18.9 Å². The average Bonchev–Trinajstić information content (AvgIpc) is 3.26. The van der Waals surface area contributed by atoms with Crippen LogP contribution in [0.25, 0.3) is 0 Å². The van der Waals surface area contributed by atoms with E-state index in [9.17, 15) is 13.2 Å². The van der Waals surface area contributed by atoms with E-state index in [0.717, 1.165) is 49.7 Å². The Balaban J connectivity index is 1.68. The number of nitrogens with zero attached hydrogens (tertiary/aromatic N) is 4. The monoisotopic (exact) mass is 359 g/mol. The Kier molecular flexibility index (Phi) is 5.21. The highest BCUT2D eigenvalue weighted by atomic mass is 19.4. The number of aliphatic imine (C=N–C) groups is 1. The summed E-state index contributed by atoms with van der Waals surface area (Å²) < 4.78 is 44.5. The van der Waals surface area contributed by atoms with E-state index in [0.29, 0.717) is 12.4 Å². The molecule has 3 rings (SSSR count). The number of halogens is 3. The van der Waals surface area contributed by atoms with Crippen LogP contribution < -0.4 is 5.32 Å². The highest BCUT2D eigenvalue weighted by Gasteiger charge is 2.42. The SMILES string of the molecule is CCNC(=NCc1nccn1CC(F)(F)F)N1CCC2(CCOC2)C1. The first-order valence-electron chi connectivity index (χ1n) is 8.59. The molecule has 0 amide bonds. The zero-order valence-corrected chi connectivity index (χ0v) is 14.3. The van der Waals surface area contributed by atoms with E-state index in [-0.39, 0.29) is 12.0 Å². The van der Waals surface area contributed by atoms with Crippen LogP contribution in [0.2, 0.25) is 0 Å². The Labute approximate surface area is 145 Å². The van der Waals surface area contributed by atoms with Gasteiger partial charge in [-0.25, -0.2) is 9.98 Å². The molecule has 1 atom stereocenters. The van der Waals surface area contributed by atoms with Crippen LogP contribution in [0.15, 0.2) is 17.4 Å². The summed E-state index contributed by atoms with van der Waals surface area (Å²) in [4.78, 5) is 10.7. The van der Waals surface area contributed by atoms with E-state index < -0.39 is 12.7 Å². The number of ether oxygens (including phenoxy) is 1. The second-order valence-electron chi connectivity index (χ2n) is 6.73. The van der Waals surface area contributed by atoms with Crippen molar-refractivity contribution in [3.63, 3.8) is 0 Å². The minimum atomic E-state index is -4.27. The molecular formula is C16H24F3N5O. The average molecular weight is 359 g/mol. The number of hydrogen-bond acceptors (Lipinski definition) is 3. The molecule has 2 fully saturated rings. The van der Waals surface area contributed by atoms with Crippen molar-refractivity contribution in [1.29, 1.82) is 0 Å². The molecule has 0 bridgehead atoms. The summed E-state index contributed by atoms with van der Waals surface area (Å²) in [7, 11) is 0. The van der Waals surface area contributed by atoms with E-state index in [1.807, 2.05) is 6.92 Å². The lowest BCUT2D eigenvalue weighted by Gasteiger charge is -2.25. The molecule has 0 saturated carbocycles. The first-order valence-corrected chi connectivity index (χ1v) is 8.59. The Hall–Kier alpha value is -1.77. The van der Waals surface area contributed by atoms with Gasteiger partial charge in [0.05, 0.1) is 6.61 Å². The minimum absolute atomic E-state index is 0.116. The van der Waals surface area contributed by atoms with Crippen molar-refractivity contribution in [1.82, 2.24) is 19.8 Å². The fraction of sp³-hybridized carbons (Fsp3) is 0.750. The highest BCUT2D eigenvalue weighted by molar-refractivity contribution is 5.80. The Morgan fingerprint density at radius 3 is 2.96 bits per heavy atom. The fourth-order valence-corrected chi connectivity index (χ4v) is 3.49. The van der Waals surface area contributed by atoms with Crippen molar-refractivity contribution in [3.05, 3.63) is 18.2 Å². The third-order valence-corrected chi connectivity index (χ3v) is 4.78. The number of likely N-dealkylation sites (tertiary alicyclic amines) is 1. The van der Waals surface area contributed by atoms with Crippen LogP contribution in [-0.4, -0.2) is 59.4 Å². The molecule has 0 radical (unpaired) electrons. The summed E-state index contributed by atoms with van der Waals surface area (Å²) in [5.74, 6) is 1.04. The van der Waals surface area contributed by atoms with Gasteiger partial charge in [-0.15, -0.1) is 0 Å². The van der Waals surface area contributed by atoms with E-state index in [1.54, 1.807) is 0 Å².